The summed E-state index contributed by atoms with van der Waals surface area (Å²) in [5, 5.41) is 0. The number of rotatable bonds is 5. The van der Waals surface area contributed by atoms with E-state index >= 15 is 0 Å². The van der Waals surface area contributed by atoms with E-state index in [-0.39, 0.29) is 0 Å². The summed E-state index contributed by atoms with van der Waals surface area (Å²) in [5.41, 5.74) is 8.12. The molecule has 110 valence electrons. The summed E-state index contributed by atoms with van der Waals surface area (Å²) in [5.74, 6) is 1.89. The highest BCUT2D eigenvalue weighted by Crippen LogP contribution is 2.30. The third kappa shape index (κ3) is 3.44. The number of nitrogens with zero attached hydrogens (tertiary/aromatic N) is 2. The second kappa shape index (κ2) is 6.02. The lowest BCUT2D eigenvalue weighted by atomic mass is 10.1. The molecule has 1 saturated carbocycles. The first-order valence-electron chi connectivity index (χ1n) is 7.61. The second-order valence-corrected chi connectivity index (χ2v) is 6.08. The van der Waals surface area contributed by atoms with E-state index in [0.717, 1.165) is 37.0 Å². The van der Waals surface area contributed by atoms with E-state index in [1.807, 2.05) is 12.1 Å². The highest BCUT2D eigenvalue weighted by atomic mass is 16.5. The molecule has 1 aromatic rings. The first-order chi connectivity index (χ1) is 9.74. The Morgan fingerprint density at radius 2 is 1.85 bits per heavy atom. The molecule has 4 heteroatoms. The van der Waals surface area contributed by atoms with Crippen LogP contribution in [-0.2, 0) is 6.54 Å². The zero-order valence-corrected chi connectivity index (χ0v) is 12.3. The Bertz CT molecular complexity index is 451. The van der Waals surface area contributed by atoms with Crippen LogP contribution in [0.2, 0.25) is 0 Å². The van der Waals surface area contributed by atoms with Gasteiger partial charge in [0.05, 0.1) is 7.11 Å². The van der Waals surface area contributed by atoms with Gasteiger partial charge >= 0.3 is 0 Å². The average molecular weight is 275 g/mol. The molecule has 4 nitrogen and oxygen atoms in total. The normalized spacial score (nSPS) is 21.1. The molecule has 0 atom stereocenters. The van der Waals surface area contributed by atoms with Crippen LogP contribution in [0.5, 0.6) is 5.75 Å². The summed E-state index contributed by atoms with van der Waals surface area (Å²) in [6.07, 6.45) is 2.89. The Labute approximate surface area is 121 Å². The van der Waals surface area contributed by atoms with Crippen LogP contribution in [-0.4, -0.2) is 49.6 Å². The lowest BCUT2D eigenvalue weighted by Crippen LogP contribution is -2.46. The maximum atomic E-state index is 6.07. The molecule has 0 unspecified atom stereocenters. The maximum Gasteiger partial charge on any atom is 0.119 e. The molecule has 0 radical (unpaired) electrons. The highest BCUT2D eigenvalue weighted by Gasteiger charge is 2.26. The SMILES string of the molecule is COc1ccc(N)c(CN2CCN(CC3CC3)CC2)c1. The molecule has 0 spiro atoms. The van der Waals surface area contributed by atoms with E-state index < -0.39 is 0 Å². The van der Waals surface area contributed by atoms with Gasteiger partial charge in [-0.05, 0) is 42.5 Å². The van der Waals surface area contributed by atoms with E-state index in [4.69, 9.17) is 10.5 Å². The molecular weight excluding hydrogens is 250 g/mol. The molecule has 2 aliphatic rings. The standard InChI is InChI=1S/C16H25N3O/c1-20-15-4-5-16(17)14(10-15)12-19-8-6-18(7-9-19)11-13-2-3-13/h4-5,10,13H,2-3,6-9,11-12,17H2,1H3. The summed E-state index contributed by atoms with van der Waals surface area (Å²) in [6, 6.07) is 5.93. The Balaban J connectivity index is 1.53. The van der Waals surface area contributed by atoms with Gasteiger partial charge in [0, 0.05) is 45.0 Å². The quantitative estimate of drug-likeness (QED) is 0.832. The zero-order chi connectivity index (χ0) is 13.9. The first kappa shape index (κ1) is 13.7. The zero-order valence-electron chi connectivity index (χ0n) is 12.3. The van der Waals surface area contributed by atoms with Crippen molar-refractivity contribution in [2.24, 2.45) is 5.92 Å². The Kier molecular flexibility index (Phi) is 4.13. The van der Waals surface area contributed by atoms with E-state index in [0.29, 0.717) is 0 Å². The molecule has 0 amide bonds. The number of methoxy groups -OCH3 is 1. The number of nitrogen functional groups attached to an aromatic ring is 1. The Hall–Kier alpha value is -1.26. The molecule has 20 heavy (non-hydrogen) atoms. The molecular formula is C16H25N3O. The number of piperazine rings is 1. The van der Waals surface area contributed by atoms with Crippen LogP contribution in [0.3, 0.4) is 0 Å². The third-order valence-electron chi connectivity index (χ3n) is 4.42. The Morgan fingerprint density at radius 3 is 2.50 bits per heavy atom. The molecule has 3 rings (SSSR count). The monoisotopic (exact) mass is 275 g/mol. The third-order valence-corrected chi connectivity index (χ3v) is 4.42. The fourth-order valence-electron chi connectivity index (χ4n) is 2.88. The van der Waals surface area contributed by atoms with Crippen molar-refractivity contribution in [3.8, 4) is 5.75 Å². The number of hydrogen-bond acceptors (Lipinski definition) is 4. The van der Waals surface area contributed by atoms with E-state index in [1.54, 1.807) is 7.11 Å². The lowest BCUT2D eigenvalue weighted by Gasteiger charge is -2.35. The lowest BCUT2D eigenvalue weighted by molar-refractivity contribution is 0.123. The highest BCUT2D eigenvalue weighted by molar-refractivity contribution is 5.50. The maximum absolute atomic E-state index is 6.07. The van der Waals surface area contributed by atoms with Crippen molar-refractivity contribution < 1.29 is 4.74 Å². The minimum atomic E-state index is 0.867. The van der Waals surface area contributed by atoms with Gasteiger partial charge in [0.15, 0.2) is 0 Å². The number of hydrogen-bond donors (Lipinski definition) is 1. The smallest absolute Gasteiger partial charge is 0.119 e. The number of ether oxygens (including phenoxy) is 1. The fraction of sp³-hybridized carbons (Fsp3) is 0.625. The first-order valence-corrected chi connectivity index (χ1v) is 7.61. The largest absolute Gasteiger partial charge is 0.497 e. The number of anilines is 1. The summed E-state index contributed by atoms with van der Waals surface area (Å²) in [7, 11) is 1.70. The van der Waals surface area contributed by atoms with Crippen molar-refractivity contribution in [1.29, 1.82) is 0 Å². The van der Waals surface area contributed by atoms with E-state index in [2.05, 4.69) is 15.9 Å². The van der Waals surface area contributed by atoms with Crippen LogP contribution in [0.15, 0.2) is 18.2 Å². The van der Waals surface area contributed by atoms with Gasteiger partial charge in [0.2, 0.25) is 0 Å². The average Bonchev–Trinajstić information content (AvgIpc) is 3.27. The fourth-order valence-corrected chi connectivity index (χ4v) is 2.88. The number of benzene rings is 1. The van der Waals surface area contributed by atoms with Crippen molar-refractivity contribution in [2.45, 2.75) is 19.4 Å². The minimum Gasteiger partial charge on any atom is -0.497 e. The molecule has 2 fully saturated rings. The summed E-state index contributed by atoms with van der Waals surface area (Å²) in [4.78, 5) is 5.11. The van der Waals surface area contributed by atoms with Gasteiger partial charge < -0.3 is 15.4 Å². The van der Waals surface area contributed by atoms with Crippen molar-refractivity contribution in [1.82, 2.24) is 9.80 Å². The van der Waals surface area contributed by atoms with Gasteiger partial charge in [0.25, 0.3) is 0 Å². The van der Waals surface area contributed by atoms with Crippen LogP contribution in [0.1, 0.15) is 18.4 Å². The van der Waals surface area contributed by atoms with E-state index in [1.165, 1.54) is 38.0 Å². The van der Waals surface area contributed by atoms with Crippen LogP contribution < -0.4 is 10.5 Å². The van der Waals surface area contributed by atoms with Crippen molar-refractivity contribution in [3.63, 3.8) is 0 Å². The molecule has 1 saturated heterocycles. The molecule has 1 heterocycles. The van der Waals surface area contributed by atoms with Crippen LogP contribution in [0, 0.1) is 5.92 Å². The van der Waals surface area contributed by atoms with Gasteiger partial charge in [-0.15, -0.1) is 0 Å². The number of nitrogens with two attached hydrogens (primary N) is 1. The van der Waals surface area contributed by atoms with Gasteiger partial charge in [-0.2, -0.15) is 0 Å². The van der Waals surface area contributed by atoms with Gasteiger partial charge in [-0.1, -0.05) is 0 Å². The predicted molar refractivity (Wildman–Crippen MR) is 81.8 cm³/mol. The second-order valence-electron chi connectivity index (χ2n) is 6.08. The van der Waals surface area contributed by atoms with Crippen LogP contribution in [0.4, 0.5) is 5.69 Å². The summed E-state index contributed by atoms with van der Waals surface area (Å²) in [6.45, 7) is 6.92. The van der Waals surface area contributed by atoms with Crippen molar-refractivity contribution in [2.75, 3.05) is 45.6 Å². The van der Waals surface area contributed by atoms with Crippen molar-refractivity contribution >= 4 is 5.69 Å². The molecule has 0 aromatic heterocycles. The molecule has 2 N–H and O–H groups in total. The van der Waals surface area contributed by atoms with Gasteiger partial charge in [-0.3, -0.25) is 4.90 Å². The van der Waals surface area contributed by atoms with Crippen LogP contribution in [0.25, 0.3) is 0 Å². The topological polar surface area (TPSA) is 41.7 Å². The predicted octanol–water partition coefficient (Wildman–Crippen LogP) is 1.80. The van der Waals surface area contributed by atoms with Crippen LogP contribution >= 0.6 is 0 Å². The molecule has 0 bridgehead atoms. The molecule has 1 aliphatic heterocycles. The molecule has 1 aliphatic carbocycles. The summed E-state index contributed by atoms with van der Waals surface area (Å²) >= 11 is 0. The summed E-state index contributed by atoms with van der Waals surface area (Å²) < 4.78 is 5.28. The van der Waals surface area contributed by atoms with Gasteiger partial charge in [-0.25, -0.2) is 0 Å². The van der Waals surface area contributed by atoms with Crippen molar-refractivity contribution in [3.05, 3.63) is 23.8 Å². The van der Waals surface area contributed by atoms with Gasteiger partial charge in [0.1, 0.15) is 5.75 Å². The van der Waals surface area contributed by atoms with E-state index in [9.17, 15) is 0 Å². The minimum absolute atomic E-state index is 0.867. The molecule has 1 aromatic carbocycles. The Morgan fingerprint density at radius 1 is 1.15 bits per heavy atom.